The lowest BCUT2D eigenvalue weighted by Gasteiger charge is -2.39. The van der Waals surface area contributed by atoms with Crippen molar-refractivity contribution >= 4 is 11.6 Å². The summed E-state index contributed by atoms with van der Waals surface area (Å²) in [5, 5.41) is 10.7. The molecular formula is C24H25F5N6O2. The minimum atomic E-state index is -4.86. The summed E-state index contributed by atoms with van der Waals surface area (Å²) in [6.45, 7) is 0.659. The number of pyridine rings is 2. The molecule has 13 heteroatoms. The Morgan fingerprint density at radius 2 is 2.00 bits per heavy atom. The number of ether oxygens (including phenoxy) is 1. The number of hydrogen-bond donors (Lipinski definition) is 1. The SMILES string of the molecule is [2H]C([2H])([2H])c1ccc(-n2nccn2)c(C(=O)C2C[C@@H](C)O[C@@H](C)[C@H]2CNc2ncc(C(F)(F)F)cc2C(F)F)n1. The van der Waals surface area contributed by atoms with E-state index in [9.17, 15) is 26.7 Å². The number of aromatic nitrogens is 5. The van der Waals surface area contributed by atoms with Gasteiger partial charge >= 0.3 is 6.18 Å². The molecule has 3 aromatic heterocycles. The molecule has 0 bridgehead atoms. The number of nitrogens with one attached hydrogen (secondary N) is 1. The first-order valence-corrected chi connectivity index (χ1v) is 11.3. The Labute approximate surface area is 213 Å². The zero-order chi connectivity index (χ0) is 29.4. The van der Waals surface area contributed by atoms with Crippen molar-refractivity contribution < 1.29 is 35.6 Å². The summed E-state index contributed by atoms with van der Waals surface area (Å²) in [6, 6.07) is 2.96. The van der Waals surface area contributed by atoms with Gasteiger partial charge in [0.2, 0.25) is 0 Å². The van der Waals surface area contributed by atoms with Crippen molar-refractivity contribution in [2.45, 2.75) is 51.9 Å². The first kappa shape index (κ1) is 22.7. The molecule has 1 aliphatic heterocycles. The second-order valence-electron chi connectivity index (χ2n) is 8.75. The van der Waals surface area contributed by atoms with E-state index in [0.717, 1.165) is 4.80 Å². The van der Waals surface area contributed by atoms with Crippen molar-refractivity contribution in [3.05, 3.63) is 59.3 Å². The van der Waals surface area contributed by atoms with Crippen LogP contribution in [0.25, 0.3) is 5.69 Å². The Bertz CT molecular complexity index is 1350. The zero-order valence-electron chi connectivity index (χ0n) is 22.7. The summed E-state index contributed by atoms with van der Waals surface area (Å²) in [6.07, 6.45) is -5.71. The van der Waals surface area contributed by atoms with E-state index in [1.807, 2.05) is 0 Å². The van der Waals surface area contributed by atoms with Gasteiger partial charge in [0.1, 0.15) is 17.2 Å². The summed E-state index contributed by atoms with van der Waals surface area (Å²) in [5.41, 5.74) is -2.61. The van der Waals surface area contributed by atoms with Gasteiger partial charge in [-0.2, -0.15) is 23.4 Å². The molecule has 1 aliphatic rings. The molecule has 0 spiro atoms. The number of halogens is 5. The molecule has 1 saturated heterocycles. The highest BCUT2D eigenvalue weighted by Gasteiger charge is 2.41. The standard InChI is InChI=1S/C24H25F5N6O2/c1-12-4-5-19(35-32-6-7-33-35)20(34-12)21(36)16-8-13(2)37-14(3)18(16)11-31-23-17(22(25)26)9-15(10-30-23)24(27,28)29/h4-7,9-10,13-14,16,18,22H,8,11H2,1-3H3,(H,30,31)/t13-,14+,16?,18-/m1/s1/i1D3. The van der Waals surface area contributed by atoms with Gasteiger partial charge in [-0.1, -0.05) is 0 Å². The van der Waals surface area contributed by atoms with Gasteiger partial charge in [0.25, 0.3) is 6.43 Å². The van der Waals surface area contributed by atoms with Gasteiger partial charge < -0.3 is 10.1 Å². The van der Waals surface area contributed by atoms with Crippen LogP contribution < -0.4 is 5.32 Å². The van der Waals surface area contributed by atoms with E-state index in [0.29, 0.717) is 12.3 Å². The van der Waals surface area contributed by atoms with Gasteiger partial charge in [-0.3, -0.25) is 4.79 Å². The number of carbonyl (C=O) groups is 1. The van der Waals surface area contributed by atoms with Crippen LogP contribution >= 0.6 is 0 Å². The fourth-order valence-corrected chi connectivity index (χ4v) is 4.47. The minimum absolute atomic E-state index is 0.144. The first-order chi connectivity index (χ1) is 18.7. The van der Waals surface area contributed by atoms with Crippen LogP contribution in [0, 0.1) is 18.7 Å². The number of ketones is 1. The maximum Gasteiger partial charge on any atom is 0.417 e. The van der Waals surface area contributed by atoms with E-state index in [4.69, 9.17) is 8.85 Å². The second kappa shape index (κ2) is 10.5. The average molecular weight is 528 g/mol. The Kier molecular flexibility index (Phi) is 6.43. The lowest BCUT2D eigenvalue weighted by atomic mass is 9.77. The highest BCUT2D eigenvalue weighted by Crippen LogP contribution is 2.37. The van der Waals surface area contributed by atoms with Gasteiger partial charge in [0, 0.05) is 34.4 Å². The first-order valence-electron chi connectivity index (χ1n) is 12.8. The Morgan fingerprint density at radius 3 is 2.65 bits per heavy atom. The van der Waals surface area contributed by atoms with Crippen LogP contribution in [0.4, 0.5) is 27.8 Å². The van der Waals surface area contributed by atoms with Gasteiger partial charge in [-0.15, -0.1) is 4.80 Å². The quantitative estimate of drug-likeness (QED) is 0.340. The summed E-state index contributed by atoms with van der Waals surface area (Å²) in [5.74, 6) is -2.50. The average Bonchev–Trinajstić information content (AvgIpc) is 3.40. The van der Waals surface area contributed by atoms with E-state index in [1.165, 1.54) is 24.5 Å². The van der Waals surface area contributed by atoms with E-state index in [-0.39, 0.29) is 30.0 Å². The van der Waals surface area contributed by atoms with Gasteiger partial charge in [0.05, 0.1) is 35.7 Å². The molecule has 198 valence electrons. The lowest BCUT2D eigenvalue weighted by molar-refractivity contribution is -0.137. The molecule has 1 N–H and O–H groups in total. The van der Waals surface area contributed by atoms with E-state index < -0.39 is 66.2 Å². The van der Waals surface area contributed by atoms with Crippen LogP contribution in [0.15, 0.2) is 36.8 Å². The Balaban J connectivity index is 1.69. The summed E-state index contributed by atoms with van der Waals surface area (Å²) in [4.78, 5) is 22.8. The monoisotopic (exact) mass is 527 g/mol. The van der Waals surface area contributed by atoms with Crippen molar-refractivity contribution in [2.75, 3.05) is 11.9 Å². The molecule has 0 aromatic carbocycles. The third kappa shape index (κ3) is 5.76. The molecular weight excluding hydrogens is 499 g/mol. The second-order valence-corrected chi connectivity index (χ2v) is 8.75. The molecule has 3 aromatic rings. The molecule has 0 amide bonds. The third-order valence-corrected chi connectivity index (χ3v) is 6.22. The van der Waals surface area contributed by atoms with Crippen LogP contribution in [-0.4, -0.2) is 49.5 Å². The van der Waals surface area contributed by atoms with Crippen LogP contribution in [-0.2, 0) is 10.9 Å². The number of alkyl halides is 5. The number of anilines is 1. The minimum Gasteiger partial charge on any atom is -0.375 e. The highest BCUT2D eigenvalue weighted by atomic mass is 19.4. The van der Waals surface area contributed by atoms with Crippen molar-refractivity contribution in [2.24, 2.45) is 11.8 Å². The van der Waals surface area contributed by atoms with E-state index in [2.05, 4.69) is 25.5 Å². The van der Waals surface area contributed by atoms with Gasteiger partial charge in [-0.05, 0) is 45.3 Å². The number of hydrogen-bond acceptors (Lipinski definition) is 7. The fourth-order valence-electron chi connectivity index (χ4n) is 4.47. The predicted octanol–water partition coefficient (Wildman–Crippen LogP) is 5.05. The van der Waals surface area contributed by atoms with Gasteiger partial charge in [-0.25, -0.2) is 18.7 Å². The summed E-state index contributed by atoms with van der Waals surface area (Å²) in [7, 11) is 0. The largest absolute Gasteiger partial charge is 0.417 e. The molecule has 0 saturated carbocycles. The van der Waals surface area contributed by atoms with Crippen molar-refractivity contribution in [1.82, 2.24) is 25.0 Å². The molecule has 4 rings (SSSR count). The van der Waals surface area contributed by atoms with Crippen LogP contribution in [0.1, 0.15) is 58.1 Å². The smallest absolute Gasteiger partial charge is 0.375 e. The Morgan fingerprint density at radius 1 is 1.27 bits per heavy atom. The van der Waals surface area contributed by atoms with E-state index >= 15 is 0 Å². The van der Waals surface area contributed by atoms with Crippen molar-refractivity contribution in [3.63, 3.8) is 0 Å². The molecule has 37 heavy (non-hydrogen) atoms. The molecule has 1 fully saturated rings. The van der Waals surface area contributed by atoms with Crippen LogP contribution in [0.3, 0.4) is 0 Å². The predicted molar refractivity (Wildman–Crippen MR) is 123 cm³/mol. The van der Waals surface area contributed by atoms with E-state index in [1.54, 1.807) is 13.8 Å². The molecule has 4 heterocycles. The van der Waals surface area contributed by atoms with Crippen molar-refractivity contribution in [3.8, 4) is 5.69 Å². The number of carbonyl (C=O) groups excluding carboxylic acids is 1. The Hall–Kier alpha value is -3.48. The lowest BCUT2D eigenvalue weighted by Crippen LogP contribution is -2.45. The van der Waals surface area contributed by atoms with Crippen molar-refractivity contribution in [1.29, 1.82) is 0 Å². The van der Waals surface area contributed by atoms with Crippen LogP contribution in [0.2, 0.25) is 0 Å². The van der Waals surface area contributed by atoms with Crippen LogP contribution in [0.5, 0.6) is 0 Å². The third-order valence-electron chi connectivity index (χ3n) is 6.22. The number of aryl methyl sites for hydroxylation is 1. The normalized spacial score (nSPS) is 23.8. The summed E-state index contributed by atoms with van der Waals surface area (Å²) >= 11 is 0. The molecule has 0 aliphatic carbocycles. The maximum atomic E-state index is 14.0. The number of rotatable bonds is 7. The topological polar surface area (TPSA) is 94.8 Å². The van der Waals surface area contributed by atoms with Gasteiger partial charge in [0.15, 0.2) is 5.78 Å². The number of Topliss-reactive ketones (excluding diaryl/α,β-unsaturated/α-hetero) is 1. The molecule has 4 atom stereocenters. The molecule has 1 unspecified atom stereocenters. The number of nitrogens with zero attached hydrogens (tertiary/aromatic N) is 5. The zero-order valence-corrected chi connectivity index (χ0v) is 19.7. The molecule has 0 radical (unpaired) electrons. The summed E-state index contributed by atoms with van der Waals surface area (Å²) < 4.78 is 95.5. The fraction of sp³-hybridized carbons (Fsp3) is 0.458. The maximum absolute atomic E-state index is 14.0. The molecule has 8 nitrogen and oxygen atoms in total. The highest BCUT2D eigenvalue weighted by molar-refractivity contribution is 5.99.